The van der Waals surface area contributed by atoms with E-state index in [9.17, 15) is 0 Å². The Bertz CT molecular complexity index is 447. The van der Waals surface area contributed by atoms with Crippen LogP contribution in [0, 0.1) is 0 Å². The number of benzene rings is 1. The summed E-state index contributed by atoms with van der Waals surface area (Å²) in [7, 11) is 0. The molecular formula is C8H4N2O2. The van der Waals surface area contributed by atoms with Crippen LogP contribution in [0.2, 0.25) is 0 Å². The van der Waals surface area contributed by atoms with E-state index in [0.29, 0.717) is 0 Å². The fraction of sp³-hybridized carbons (Fsp3) is 0. The Morgan fingerprint density at radius 3 is 1.83 bits per heavy atom. The summed E-state index contributed by atoms with van der Waals surface area (Å²) in [6.45, 7) is 0. The van der Waals surface area contributed by atoms with Gasteiger partial charge >= 0.3 is 0 Å². The van der Waals surface area contributed by atoms with Gasteiger partial charge in [-0.25, -0.2) is 9.97 Å². The van der Waals surface area contributed by atoms with E-state index in [1.165, 1.54) is 12.8 Å². The molecule has 0 saturated carbocycles. The maximum Gasteiger partial charge on any atom is 0.181 e. The highest BCUT2D eigenvalue weighted by molar-refractivity contribution is 5.88. The molecule has 0 amide bonds. The number of nitrogens with zero attached hydrogens (tertiary/aromatic N) is 2. The van der Waals surface area contributed by atoms with Crippen LogP contribution in [-0.4, -0.2) is 9.97 Å². The zero-order valence-electron chi connectivity index (χ0n) is 6.02. The van der Waals surface area contributed by atoms with E-state index in [4.69, 9.17) is 8.83 Å². The quantitative estimate of drug-likeness (QED) is 0.504. The second kappa shape index (κ2) is 1.85. The van der Waals surface area contributed by atoms with Crippen molar-refractivity contribution in [3.63, 3.8) is 0 Å². The molecule has 0 radical (unpaired) electrons. The Morgan fingerprint density at radius 1 is 0.833 bits per heavy atom. The van der Waals surface area contributed by atoms with Crippen molar-refractivity contribution in [1.82, 2.24) is 9.97 Å². The molecule has 0 saturated heterocycles. The fourth-order valence-corrected chi connectivity index (χ4v) is 1.21. The Balaban J connectivity index is 2.62. The van der Waals surface area contributed by atoms with Crippen LogP contribution in [0.4, 0.5) is 0 Å². The first kappa shape index (κ1) is 5.77. The highest BCUT2D eigenvalue weighted by atomic mass is 16.3. The maximum atomic E-state index is 5.10. The van der Waals surface area contributed by atoms with Gasteiger partial charge in [0.25, 0.3) is 0 Å². The summed E-state index contributed by atoms with van der Waals surface area (Å²) < 4.78 is 10.2. The number of hydrogen-bond donors (Lipinski definition) is 0. The zero-order chi connectivity index (χ0) is 7.97. The molecule has 3 rings (SSSR count). The van der Waals surface area contributed by atoms with Gasteiger partial charge in [0.2, 0.25) is 0 Å². The molecule has 0 fully saturated rings. The van der Waals surface area contributed by atoms with Gasteiger partial charge in [-0.3, -0.25) is 0 Å². The lowest BCUT2D eigenvalue weighted by atomic mass is 10.3. The number of rotatable bonds is 0. The second-order valence-electron chi connectivity index (χ2n) is 2.49. The predicted octanol–water partition coefficient (Wildman–Crippen LogP) is 1.97. The average molecular weight is 160 g/mol. The predicted molar refractivity (Wildman–Crippen MR) is 41.6 cm³/mol. The smallest absolute Gasteiger partial charge is 0.181 e. The van der Waals surface area contributed by atoms with E-state index in [1.807, 2.05) is 0 Å². The van der Waals surface area contributed by atoms with Crippen molar-refractivity contribution in [2.45, 2.75) is 0 Å². The number of hydrogen-bond acceptors (Lipinski definition) is 4. The molecule has 0 aliphatic heterocycles. The lowest BCUT2D eigenvalue weighted by Gasteiger charge is -1.84. The van der Waals surface area contributed by atoms with Crippen molar-refractivity contribution in [1.29, 1.82) is 0 Å². The van der Waals surface area contributed by atoms with Crippen molar-refractivity contribution in [2.75, 3.05) is 0 Å². The molecule has 3 aromatic rings. The molecule has 0 aliphatic carbocycles. The van der Waals surface area contributed by atoms with E-state index >= 15 is 0 Å². The zero-order valence-corrected chi connectivity index (χ0v) is 6.02. The van der Waals surface area contributed by atoms with Crippen molar-refractivity contribution >= 4 is 22.2 Å². The largest absolute Gasteiger partial charge is 0.443 e. The number of aromatic nitrogens is 2. The molecular weight excluding hydrogens is 156 g/mol. The minimum absolute atomic E-state index is 0.733. The van der Waals surface area contributed by atoms with Gasteiger partial charge in [0.15, 0.2) is 24.0 Å². The van der Waals surface area contributed by atoms with Crippen LogP contribution in [0.1, 0.15) is 0 Å². The highest BCUT2D eigenvalue weighted by Crippen LogP contribution is 2.20. The van der Waals surface area contributed by atoms with Crippen LogP contribution >= 0.6 is 0 Å². The fourth-order valence-electron chi connectivity index (χ4n) is 1.21. The van der Waals surface area contributed by atoms with Crippen LogP contribution in [0.3, 0.4) is 0 Å². The summed E-state index contributed by atoms with van der Waals surface area (Å²) in [5, 5.41) is 0. The molecule has 0 spiro atoms. The number of fused-ring (bicyclic) bond motifs is 2. The highest BCUT2D eigenvalue weighted by Gasteiger charge is 2.03. The summed E-state index contributed by atoms with van der Waals surface area (Å²) in [5.74, 6) is 0. The molecule has 0 aliphatic rings. The summed E-state index contributed by atoms with van der Waals surface area (Å²) >= 11 is 0. The van der Waals surface area contributed by atoms with Crippen molar-refractivity contribution in [3.8, 4) is 0 Å². The first-order chi connectivity index (χ1) is 5.93. The Morgan fingerprint density at radius 2 is 1.33 bits per heavy atom. The lowest BCUT2D eigenvalue weighted by Crippen LogP contribution is -1.68. The van der Waals surface area contributed by atoms with Gasteiger partial charge in [-0.2, -0.15) is 0 Å². The Labute approximate surface area is 66.8 Å². The van der Waals surface area contributed by atoms with Gasteiger partial charge < -0.3 is 8.83 Å². The minimum atomic E-state index is 0.733. The van der Waals surface area contributed by atoms with Crippen molar-refractivity contribution < 1.29 is 8.83 Å². The van der Waals surface area contributed by atoms with Gasteiger partial charge in [0.05, 0.1) is 0 Å². The normalized spacial score (nSPS) is 11.3. The van der Waals surface area contributed by atoms with Crippen LogP contribution in [-0.2, 0) is 0 Å². The molecule has 58 valence electrons. The lowest BCUT2D eigenvalue weighted by molar-refractivity contribution is 0.600. The molecule has 0 bridgehead atoms. The first-order valence-electron chi connectivity index (χ1n) is 3.50. The van der Waals surface area contributed by atoms with E-state index in [0.717, 1.165) is 22.2 Å². The molecule has 0 unspecified atom stereocenters. The van der Waals surface area contributed by atoms with E-state index in [-0.39, 0.29) is 0 Å². The summed E-state index contributed by atoms with van der Waals surface area (Å²) in [6.07, 6.45) is 2.81. The van der Waals surface area contributed by atoms with Crippen LogP contribution in [0.25, 0.3) is 22.2 Å². The second-order valence-corrected chi connectivity index (χ2v) is 2.49. The molecule has 0 N–H and O–H groups in total. The van der Waals surface area contributed by atoms with Crippen molar-refractivity contribution in [3.05, 3.63) is 24.9 Å². The monoisotopic (exact) mass is 160 g/mol. The molecule has 2 aromatic heterocycles. The van der Waals surface area contributed by atoms with Gasteiger partial charge in [-0.05, 0) is 0 Å². The van der Waals surface area contributed by atoms with E-state index in [2.05, 4.69) is 9.97 Å². The third kappa shape index (κ3) is 0.611. The van der Waals surface area contributed by atoms with Crippen LogP contribution in [0.15, 0.2) is 33.8 Å². The SMILES string of the molecule is c1nc2cc3ocnc3cc2o1. The topological polar surface area (TPSA) is 52.1 Å². The summed E-state index contributed by atoms with van der Waals surface area (Å²) in [5.41, 5.74) is 3.05. The molecule has 2 heterocycles. The molecule has 1 aromatic carbocycles. The van der Waals surface area contributed by atoms with Gasteiger partial charge in [-0.1, -0.05) is 0 Å². The molecule has 4 nitrogen and oxygen atoms in total. The maximum absolute atomic E-state index is 5.10. The number of oxazole rings is 2. The summed E-state index contributed by atoms with van der Waals surface area (Å²) in [6, 6.07) is 3.61. The molecule has 4 heteroatoms. The minimum Gasteiger partial charge on any atom is -0.443 e. The van der Waals surface area contributed by atoms with Gasteiger partial charge in [-0.15, -0.1) is 0 Å². The standard InChI is InChI=1S/C8H4N2O2/c1-5-8(12-3-9-5)2-6-7(1)11-4-10-6/h1-4H. The van der Waals surface area contributed by atoms with E-state index < -0.39 is 0 Å². The van der Waals surface area contributed by atoms with Gasteiger partial charge in [0.1, 0.15) is 11.0 Å². The first-order valence-corrected chi connectivity index (χ1v) is 3.50. The average Bonchev–Trinajstić information content (AvgIpc) is 2.64. The van der Waals surface area contributed by atoms with E-state index in [1.54, 1.807) is 12.1 Å². The third-order valence-electron chi connectivity index (χ3n) is 1.78. The van der Waals surface area contributed by atoms with Crippen molar-refractivity contribution in [2.24, 2.45) is 0 Å². The third-order valence-corrected chi connectivity index (χ3v) is 1.78. The molecule has 12 heavy (non-hydrogen) atoms. The van der Waals surface area contributed by atoms with Crippen LogP contribution in [0.5, 0.6) is 0 Å². The Hall–Kier alpha value is -1.84. The Kier molecular flexibility index (Phi) is 0.889. The summed E-state index contributed by atoms with van der Waals surface area (Å²) in [4.78, 5) is 7.99. The van der Waals surface area contributed by atoms with Gasteiger partial charge in [0, 0.05) is 12.1 Å². The van der Waals surface area contributed by atoms with Crippen LogP contribution < -0.4 is 0 Å². The molecule has 0 atom stereocenters.